The standard InChI is InChI=1S/C18H17F2NO2/c1-12(14-3-2-4-16(20)10-14)9-18(23)21-11-17(22)13-5-7-15(19)8-6-13/h2-10,17,22H,11H2,1H3,(H,21,23)/b12-9-. The van der Waals surface area contributed by atoms with Gasteiger partial charge in [-0.15, -0.1) is 0 Å². The van der Waals surface area contributed by atoms with Gasteiger partial charge in [0.15, 0.2) is 0 Å². The number of benzene rings is 2. The Morgan fingerprint density at radius 2 is 1.87 bits per heavy atom. The lowest BCUT2D eigenvalue weighted by molar-refractivity contribution is -0.116. The van der Waals surface area contributed by atoms with Crippen molar-refractivity contribution >= 4 is 11.5 Å². The topological polar surface area (TPSA) is 49.3 Å². The van der Waals surface area contributed by atoms with Crippen LogP contribution in [0.4, 0.5) is 8.78 Å². The molecule has 1 atom stereocenters. The molecule has 0 aliphatic heterocycles. The van der Waals surface area contributed by atoms with E-state index in [2.05, 4.69) is 5.32 Å². The zero-order chi connectivity index (χ0) is 16.8. The van der Waals surface area contributed by atoms with Crippen molar-refractivity contribution in [2.75, 3.05) is 6.54 Å². The molecule has 0 spiro atoms. The summed E-state index contributed by atoms with van der Waals surface area (Å²) >= 11 is 0. The second-order valence-corrected chi connectivity index (χ2v) is 5.15. The molecule has 1 unspecified atom stereocenters. The van der Waals surface area contributed by atoms with Crippen LogP contribution in [0.5, 0.6) is 0 Å². The van der Waals surface area contributed by atoms with E-state index < -0.39 is 17.8 Å². The Balaban J connectivity index is 1.94. The Labute approximate surface area is 133 Å². The molecule has 120 valence electrons. The van der Waals surface area contributed by atoms with E-state index in [1.165, 1.54) is 42.5 Å². The van der Waals surface area contributed by atoms with Gasteiger partial charge in [-0.3, -0.25) is 4.79 Å². The Hall–Kier alpha value is -2.53. The summed E-state index contributed by atoms with van der Waals surface area (Å²) in [5.41, 5.74) is 1.73. The second-order valence-electron chi connectivity index (χ2n) is 5.15. The molecule has 23 heavy (non-hydrogen) atoms. The molecule has 0 saturated carbocycles. The SMILES string of the molecule is C/C(=C/C(=O)NCC(O)c1ccc(F)cc1)c1cccc(F)c1. The van der Waals surface area contributed by atoms with Gasteiger partial charge in [-0.25, -0.2) is 8.78 Å². The number of aliphatic hydroxyl groups is 1. The molecule has 5 heteroatoms. The Bertz CT molecular complexity index is 711. The number of nitrogens with one attached hydrogen (secondary N) is 1. The first-order chi connectivity index (χ1) is 11.0. The molecular formula is C18H17F2NO2. The predicted octanol–water partition coefficient (Wildman–Crippen LogP) is 3.22. The van der Waals surface area contributed by atoms with E-state index in [1.807, 2.05) is 0 Å². The summed E-state index contributed by atoms with van der Waals surface area (Å²) in [5, 5.41) is 12.5. The molecule has 0 aliphatic carbocycles. The molecule has 3 nitrogen and oxygen atoms in total. The minimum atomic E-state index is -0.928. The first-order valence-corrected chi connectivity index (χ1v) is 7.11. The largest absolute Gasteiger partial charge is 0.387 e. The van der Waals surface area contributed by atoms with Crippen molar-refractivity contribution in [1.82, 2.24) is 5.32 Å². The van der Waals surface area contributed by atoms with Crippen LogP contribution in [0.15, 0.2) is 54.6 Å². The quantitative estimate of drug-likeness (QED) is 0.832. The van der Waals surface area contributed by atoms with E-state index in [1.54, 1.807) is 19.1 Å². The van der Waals surface area contributed by atoms with Crippen LogP contribution in [-0.4, -0.2) is 17.6 Å². The van der Waals surface area contributed by atoms with Crippen LogP contribution in [0.2, 0.25) is 0 Å². The Kier molecular flexibility index (Phi) is 5.60. The van der Waals surface area contributed by atoms with Crippen LogP contribution in [0.3, 0.4) is 0 Å². The van der Waals surface area contributed by atoms with Gasteiger partial charge in [0.25, 0.3) is 0 Å². The first kappa shape index (κ1) is 16.8. The number of amides is 1. The van der Waals surface area contributed by atoms with E-state index >= 15 is 0 Å². The molecule has 0 aliphatic rings. The molecular weight excluding hydrogens is 300 g/mol. The maximum Gasteiger partial charge on any atom is 0.244 e. The molecule has 2 aromatic carbocycles. The number of hydrogen-bond donors (Lipinski definition) is 2. The maximum absolute atomic E-state index is 13.1. The highest BCUT2D eigenvalue weighted by atomic mass is 19.1. The molecule has 0 radical (unpaired) electrons. The predicted molar refractivity (Wildman–Crippen MR) is 84.4 cm³/mol. The number of carbonyl (C=O) groups excluding carboxylic acids is 1. The molecule has 0 aromatic heterocycles. The third-order valence-electron chi connectivity index (χ3n) is 3.35. The summed E-state index contributed by atoms with van der Waals surface area (Å²) in [5.74, 6) is -1.16. The molecule has 0 fully saturated rings. The number of allylic oxidation sites excluding steroid dienone is 1. The lowest BCUT2D eigenvalue weighted by Gasteiger charge is -2.11. The highest BCUT2D eigenvalue weighted by molar-refractivity contribution is 5.94. The van der Waals surface area contributed by atoms with Crippen LogP contribution in [0.25, 0.3) is 5.57 Å². The average Bonchev–Trinajstić information content (AvgIpc) is 2.53. The maximum atomic E-state index is 13.1. The number of hydrogen-bond acceptors (Lipinski definition) is 2. The molecule has 1 amide bonds. The van der Waals surface area contributed by atoms with Crippen molar-refractivity contribution in [3.63, 3.8) is 0 Å². The zero-order valence-corrected chi connectivity index (χ0v) is 12.6. The summed E-state index contributed by atoms with van der Waals surface area (Å²) in [6.07, 6.45) is 0.411. The molecule has 2 rings (SSSR count). The van der Waals surface area contributed by atoms with Crippen molar-refractivity contribution in [2.45, 2.75) is 13.0 Å². The normalized spacial score (nSPS) is 12.8. The number of carbonyl (C=O) groups is 1. The van der Waals surface area contributed by atoms with Crippen molar-refractivity contribution in [2.24, 2.45) is 0 Å². The summed E-state index contributed by atoms with van der Waals surface area (Å²) in [6, 6.07) is 11.3. The molecule has 0 bridgehead atoms. The number of aliphatic hydroxyl groups excluding tert-OH is 1. The zero-order valence-electron chi connectivity index (χ0n) is 12.6. The molecule has 0 heterocycles. The van der Waals surface area contributed by atoms with Crippen molar-refractivity contribution in [1.29, 1.82) is 0 Å². The third-order valence-corrected chi connectivity index (χ3v) is 3.35. The Morgan fingerprint density at radius 1 is 1.17 bits per heavy atom. The van der Waals surface area contributed by atoms with Crippen LogP contribution in [-0.2, 0) is 4.79 Å². The highest BCUT2D eigenvalue weighted by Crippen LogP contribution is 2.15. The summed E-state index contributed by atoms with van der Waals surface area (Å²) < 4.78 is 26.0. The van der Waals surface area contributed by atoms with Gasteiger partial charge in [-0.05, 0) is 47.9 Å². The van der Waals surface area contributed by atoms with E-state index in [0.717, 1.165) is 0 Å². The third kappa shape index (κ3) is 5.00. The fraction of sp³-hybridized carbons (Fsp3) is 0.167. The average molecular weight is 317 g/mol. The minimum Gasteiger partial charge on any atom is -0.387 e. The number of halogens is 2. The molecule has 0 saturated heterocycles. The first-order valence-electron chi connectivity index (χ1n) is 7.11. The monoisotopic (exact) mass is 317 g/mol. The van der Waals surface area contributed by atoms with Gasteiger partial charge < -0.3 is 10.4 Å². The van der Waals surface area contributed by atoms with Crippen molar-refractivity contribution in [3.05, 3.63) is 77.4 Å². The smallest absolute Gasteiger partial charge is 0.244 e. The van der Waals surface area contributed by atoms with Gasteiger partial charge in [0, 0.05) is 12.6 Å². The van der Waals surface area contributed by atoms with Crippen LogP contribution >= 0.6 is 0 Å². The molecule has 2 N–H and O–H groups in total. The van der Waals surface area contributed by atoms with E-state index in [4.69, 9.17) is 0 Å². The summed E-state index contributed by atoms with van der Waals surface area (Å²) in [4.78, 5) is 11.8. The van der Waals surface area contributed by atoms with Crippen LogP contribution < -0.4 is 5.32 Å². The van der Waals surface area contributed by atoms with Crippen molar-refractivity contribution in [3.8, 4) is 0 Å². The molecule has 2 aromatic rings. The second kappa shape index (κ2) is 7.65. The van der Waals surface area contributed by atoms with Gasteiger partial charge in [-0.2, -0.15) is 0 Å². The van der Waals surface area contributed by atoms with Gasteiger partial charge in [-0.1, -0.05) is 24.3 Å². The van der Waals surface area contributed by atoms with Crippen molar-refractivity contribution < 1.29 is 18.7 Å². The van der Waals surface area contributed by atoms with Gasteiger partial charge >= 0.3 is 0 Å². The Morgan fingerprint density at radius 3 is 2.52 bits per heavy atom. The fourth-order valence-electron chi connectivity index (χ4n) is 2.06. The minimum absolute atomic E-state index is 0.00258. The van der Waals surface area contributed by atoms with Gasteiger partial charge in [0.05, 0.1) is 6.10 Å². The number of rotatable bonds is 5. The van der Waals surface area contributed by atoms with Gasteiger partial charge in [0.2, 0.25) is 5.91 Å². The van der Waals surface area contributed by atoms with E-state index in [9.17, 15) is 18.7 Å². The lowest BCUT2D eigenvalue weighted by Crippen LogP contribution is -2.26. The van der Waals surface area contributed by atoms with E-state index in [0.29, 0.717) is 16.7 Å². The van der Waals surface area contributed by atoms with Crippen LogP contribution in [0.1, 0.15) is 24.2 Å². The van der Waals surface area contributed by atoms with E-state index in [-0.39, 0.29) is 12.4 Å². The highest BCUT2D eigenvalue weighted by Gasteiger charge is 2.09. The van der Waals surface area contributed by atoms with Gasteiger partial charge in [0.1, 0.15) is 11.6 Å². The fourth-order valence-corrected chi connectivity index (χ4v) is 2.06. The van der Waals surface area contributed by atoms with Crippen LogP contribution in [0, 0.1) is 11.6 Å². The summed E-state index contributed by atoms with van der Waals surface area (Å²) in [7, 11) is 0. The lowest BCUT2D eigenvalue weighted by atomic mass is 10.1. The summed E-state index contributed by atoms with van der Waals surface area (Å²) in [6.45, 7) is 1.70.